The number of hydrogen-bond donors (Lipinski definition) is 0. The van der Waals surface area contributed by atoms with Crippen molar-refractivity contribution < 1.29 is 28.2 Å². The van der Waals surface area contributed by atoms with Crippen molar-refractivity contribution in [1.29, 1.82) is 0 Å². The molecule has 34 heavy (non-hydrogen) atoms. The van der Waals surface area contributed by atoms with E-state index in [0.717, 1.165) is 0 Å². The number of fused-ring (bicyclic) bond motifs is 3. The fourth-order valence-corrected chi connectivity index (χ4v) is 8.24. The lowest BCUT2D eigenvalue weighted by molar-refractivity contribution is -0.157. The number of benzene rings is 1. The summed E-state index contributed by atoms with van der Waals surface area (Å²) in [5.41, 5.74) is -2.30. The van der Waals surface area contributed by atoms with Gasteiger partial charge in [0, 0.05) is 10.8 Å². The van der Waals surface area contributed by atoms with Crippen LogP contribution in [0.25, 0.3) is 0 Å². The Morgan fingerprint density at radius 1 is 1.15 bits per heavy atom. The minimum Gasteiger partial charge on any atom is -0.447 e. The number of esters is 1. The van der Waals surface area contributed by atoms with E-state index >= 15 is 4.39 Å². The van der Waals surface area contributed by atoms with Crippen LogP contribution in [0.15, 0.2) is 54.1 Å². The largest absolute Gasteiger partial charge is 0.447 e. The number of ether oxygens (including phenoxy) is 2. The smallest absolute Gasteiger partial charge is 0.339 e. The molecule has 0 N–H and O–H groups in total. The highest BCUT2D eigenvalue weighted by Crippen LogP contribution is 2.76. The van der Waals surface area contributed by atoms with Crippen molar-refractivity contribution in [2.75, 3.05) is 0 Å². The van der Waals surface area contributed by atoms with Crippen molar-refractivity contribution >= 4 is 17.5 Å². The maximum absolute atomic E-state index is 15.6. The van der Waals surface area contributed by atoms with Crippen LogP contribution in [-0.2, 0) is 19.1 Å². The molecular weight excluding hydrogens is 435 g/mol. The van der Waals surface area contributed by atoms with Gasteiger partial charge in [-0.15, -0.1) is 0 Å². The van der Waals surface area contributed by atoms with Gasteiger partial charge in [0.25, 0.3) is 0 Å². The second-order valence-corrected chi connectivity index (χ2v) is 11.2. The van der Waals surface area contributed by atoms with Gasteiger partial charge in [0.15, 0.2) is 17.2 Å². The minimum absolute atomic E-state index is 0.0404. The van der Waals surface area contributed by atoms with Crippen LogP contribution in [0.2, 0.25) is 0 Å². The summed E-state index contributed by atoms with van der Waals surface area (Å²) in [4.78, 5) is 38.4. The van der Waals surface area contributed by atoms with Gasteiger partial charge in [0.2, 0.25) is 0 Å². The second-order valence-electron chi connectivity index (χ2n) is 11.2. The van der Waals surface area contributed by atoms with Crippen molar-refractivity contribution in [2.45, 2.75) is 69.9 Å². The average Bonchev–Trinajstić information content (AvgIpc) is 3.46. The predicted molar refractivity (Wildman–Crippen MR) is 122 cm³/mol. The summed E-state index contributed by atoms with van der Waals surface area (Å²) in [6.07, 6.45) is 5.24. The van der Waals surface area contributed by atoms with Crippen molar-refractivity contribution in [3.05, 3.63) is 59.7 Å². The number of ketones is 2. The van der Waals surface area contributed by atoms with Gasteiger partial charge in [-0.25, -0.2) is 9.18 Å². The van der Waals surface area contributed by atoms with Crippen molar-refractivity contribution in [1.82, 2.24) is 0 Å². The van der Waals surface area contributed by atoms with Gasteiger partial charge in [-0.3, -0.25) is 9.59 Å². The van der Waals surface area contributed by atoms with Crippen molar-refractivity contribution in [2.24, 2.45) is 22.7 Å². The Bertz CT molecular complexity index is 1170. The maximum Gasteiger partial charge on any atom is 0.339 e. The Morgan fingerprint density at radius 2 is 1.88 bits per heavy atom. The van der Waals surface area contributed by atoms with E-state index in [1.54, 1.807) is 24.3 Å². The molecule has 1 aliphatic heterocycles. The van der Waals surface area contributed by atoms with Crippen LogP contribution in [0.5, 0.6) is 0 Å². The first-order valence-corrected chi connectivity index (χ1v) is 12.2. The second kappa shape index (κ2) is 6.75. The Hall–Kier alpha value is -2.60. The Morgan fingerprint density at radius 3 is 2.59 bits per heavy atom. The molecule has 4 aliphatic carbocycles. The molecule has 3 saturated carbocycles. The molecule has 5 nitrogen and oxygen atoms in total. The first kappa shape index (κ1) is 21.9. The average molecular weight is 465 g/mol. The number of carbonyl (C=O) groups is 3. The molecule has 0 amide bonds. The predicted octanol–water partition coefficient (Wildman–Crippen LogP) is 4.56. The van der Waals surface area contributed by atoms with Gasteiger partial charge in [-0.05, 0) is 81.2 Å². The molecule has 6 heteroatoms. The molecule has 0 bridgehead atoms. The fourth-order valence-electron chi connectivity index (χ4n) is 8.24. The van der Waals surface area contributed by atoms with Crippen molar-refractivity contribution in [3.63, 3.8) is 0 Å². The molecule has 5 aliphatic rings. The summed E-state index contributed by atoms with van der Waals surface area (Å²) < 4.78 is 28.2. The number of alkyl halides is 1. The van der Waals surface area contributed by atoms with E-state index in [1.165, 1.54) is 19.1 Å². The number of epoxide rings is 1. The normalized spacial score (nSPS) is 45.9. The summed E-state index contributed by atoms with van der Waals surface area (Å²) in [6, 6.07) is 8.71. The van der Waals surface area contributed by atoms with E-state index in [-0.39, 0.29) is 35.9 Å². The molecule has 0 unspecified atom stereocenters. The Labute approximate surface area is 198 Å². The number of halogens is 1. The molecule has 0 radical (unpaired) electrons. The third kappa shape index (κ3) is 2.45. The summed E-state index contributed by atoms with van der Waals surface area (Å²) in [5.74, 6) is -1.04. The quantitative estimate of drug-likeness (QED) is 0.484. The Balaban J connectivity index is 1.40. The monoisotopic (exact) mass is 464 g/mol. The summed E-state index contributed by atoms with van der Waals surface area (Å²) in [6.45, 7) is 5.50. The van der Waals surface area contributed by atoms with Gasteiger partial charge in [0.1, 0.15) is 11.8 Å². The highest BCUT2D eigenvalue weighted by Gasteiger charge is 2.82. The van der Waals surface area contributed by atoms with E-state index in [4.69, 9.17) is 9.47 Å². The highest BCUT2D eigenvalue weighted by atomic mass is 19.1. The van der Waals surface area contributed by atoms with E-state index in [9.17, 15) is 14.4 Å². The molecule has 0 aromatic heterocycles. The number of rotatable bonds is 3. The molecule has 1 aromatic rings. The molecule has 1 spiro atoms. The van der Waals surface area contributed by atoms with Crippen LogP contribution in [0.1, 0.15) is 56.8 Å². The van der Waals surface area contributed by atoms with Crippen LogP contribution in [0.3, 0.4) is 0 Å². The summed E-state index contributed by atoms with van der Waals surface area (Å²) in [7, 11) is 0. The van der Waals surface area contributed by atoms with Crippen molar-refractivity contribution in [3.8, 4) is 0 Å². The molecular formula is C28H29FO5. The minimum atomic E-state index is -1.27. The van der Waals surface area contributed by atoms with Gasteiger partial charge in [0.05, 0.1) is 11.7 Å². The van der Waals surface area contributed by atoms with E-state index < -0.39 is 34.2 Å². The first-order valence-electron chi connectivity index (χ1n) is 12.2. The molecule has 6 rings (SSSR count). The fraction of sp³-hybridized carbons (Fsp3) is 0.536. The number of allylic oxidation sites excluding steroid dienone is 2. The van der Waals surface area contributed by atoms with Gasteiger partial charge >= 0.3 is 5.97 Å². The van der Waals surface area contributed by atoms with E-state index in [2.05, 4.69) is 0 Å². The molecule has 1 saturated heterocycles. The van der Waals surface area contributed by atoms with Crippen LogP contribution >= 0.6 is 0 Å². The van der Waals surface area contributed by atoms with Crippen LogP contribution in [0, 0.1) is 22.7 Å². The molecule has 178 valence electrons. The van der Waals surface area contributed by atoms with Gasteiger partial charge in [-0.1, -0.05) is 31.2 Å². The lowest BCUT2D eigenvalue weighted by Crippen LogP contribution is -2.63. The summed E-state index contributed by atoms with van der Waals surface area (Å²) in [5, 5.41) is 0. The topological polar surface area (TPSA) is 73.0 Å². The molecule has 1 heterocycles. The standard InChI is InChI=1S/C28H29FO5/c1-16(30)27(34-24(32)17-7-5-4-6-8-17)12-10-19-20-14-22(29)21-13-18(31)9-11-25(21,2)28(20)23(33-28)15-26(19,27)3/h4-9,11,13,19-20,22-23H,10,12,14-15H2,1-3H3/t19-,20-,22-,23-,25-,26-,27-,28+/m0/s1. The molecule has 4 fully saturated rings. The van der Waals surface area contributed by atoms with E-state index in [1.807, 2.05) is 26.0 Å². The summed E-state index contributed by atoms with van der Waals surface area (Å²) >= 11 is 0. The van der Waals surface area contributed by atoms with Crippen LogP contribution in [0.4, 0.5) is 4.39 Å². The van der Waals surface area contributed by atoms with E-state index in [0.29, 0.717) is 30.4 Å². The lowest BCUT2D eigenvalue weighted by atomic mass is 9.46. The SMILES string of the molecule is CC(=O)[C@@]1(OC(=O)c2ccccc2)CC[C@H]2[C@@H]3C[C@H](F)C4=CC(=O)C=C[C@]4(C)[C@@]34O[C@H]4C[C@@]21C. The molecule has 1 aromatic carbocycles. The zero-order chi connectivity index (χ0) is 24.1. The van der Waals surface area contributed by atoms with Crippen LogP contribution < -0.4 is 0 Å². The lowest BCUT2D eigenvalue weighted by Gasteiger charge is -2.56. The zero-order valence-corrected chi connectivity index (χ0v) is 19.7. The third-order valence-electron chi connectivity index (χ3n) is 9.89. The zero-order valence-electron chi connectivity index (χ0n) is 19.7. The Kier molecular flexibility index (Phi) is 4.35. The van der Waals surface area contributed by atoms with Gasteiger partial charge < -0.3 is 9.47 Å². The van der Waals surface area contributed by atoms with Gasteiger partial charge in [-0.2, -0.15) is 0 Å². The molecule has 8 atom stereocenters. The first-order chi connectivity index (χ1) is 16.1. The number of carbonyl (C=O) groups excluding carboxylic acids is 3. The third-order valence-corrected chi connectivity index (χ3v) is 9.89. The number of Topliss-reactive ketones (excluding diaryl/α,β-unsaturated/α-hetero) is 1. The number of hydrogen-bond acceptors (Lipinski definition) is 5. The van der Waals surface area contributed by atoms with Crippen LogP contribution in [-0.4, -0.2) is 41.0 Å². The highest BCUT2D eigenvalue weighted by molar-refractivity contribution is 6.01. The maximum atomic E-state index is 15.6.